The number of methoxy groups -OCH3 is 2. The Kier molecular flexibility index (Phi) is 4.07. The lowest BCUT2D eigenvalue weighted by Gasteiger charge is -2.28. The number of benzene rings is 1. The lowest BCUT2D eigenvalue weighted by Crippen LogP contribution is -2.30. The molecule has 9 nitrogen and oxygen atoms in total. The van der Waals surface area contributed by atoms with Crippen LogP contribution in [0.25, 0.3) is 0 Å². The summed E-state index contributed by atoms with van der Waals surface area (Å²) in [6.07, 6.45) is 0.572. The minimum atomic E-state index is -0.590. The monoisotopic (exact) mass is 331 g/mol. The second-order valence-corrected chi connectivity index (χ2v) is 5.14. The van der Waals surface area contributed by atoms with Gasteiger partial charge in [0, 0.05) is 5.70 Å². The van der Waals surface area contributed by atoms with E-state index in [9.17, 15) is 9.90 Å². The summed E-state index contributed by atoms with van der Waals surface area (Å²) in [5.74, 6) is 0.253. The molecule has 1 aliphatic heterocycles. The number of nitrogens with one attached hydrogen (secondary N) is 1. The summed E-state index contributed by atoms with van der Waals surface area (Å²) in [7, 11) is 2.78. The lowest BCUT2D eigenvalue weighted by atomic mass is 9.94. The van der Waals surface area contributed by atoms with Gasteiger partial charge >= 0.3 is 5.97 Å². The van der Waals surface area contributed by atoms with Gasteiger partial charge in [0.1, 0.15) is 6.04 Å². The van der Waals surface area contributed by atoms with E-state index >= 15 is 0 Å². The van der Waals surface area contributed by atoms with Gasteiger partial charge in [-0.25, -0.2) is 4.79 Å². The highest BCUT2D eigenvalue weighted by atomic mass is 16.5. The molecule has 3 rings (SSSR count). The number of phenolic OH excluding ortho intramolecular Hbond substituents is 1. The maximum atomic E-state index is 12.4. The van der Waals surface area contributed by atoms with E-state index in [1.807, 2.05) is 6.92 Å². The molecular formula is C15H17N5O4. The minimum Gasteiger partial charge on any atom is -0.504 e. The van der Waals surface area contributed by atoms with Gasteiger partial charge < -0.3 is 19.9 Å². The molecule has 1 unspecified atom stereocenters. The number of hydrogen-bond donors (Lipinski definition) is 2. The summed E-state index contributed by atoms with van der Waals surface area (Å²) in [5.41, 5.74) is 1.78. The first kappa shape index (κ1) is 15.8. The summed E-state index contributed by atoms with van der Waals surface area (Å²) in [4.78, 5) is 12.4. The zero-order chi connectivity index (χ0) is 17.3. The number of allylic oxidation sites excluding steroid dienone is 1. The molecular weight excluding hydrogens is 314 g/mol. The standard InChI is InChI=1S/C15H17N5O4/c1-4-9-12(14(22)24-3)13(20-15(16-9)17-18-19-20)8-5-6-10(21)11(7-8)23-2/h5-7,13,21H,4H2,1-3H3,(H,16,17,19). The third kappa shape index (κ3) is 2.43. The van der Waals surface area contributed by atoms with E-state index < -0.39 is 12.0 Å². The van der Waals surface area contributed by atoms with E-state index in [2.05, 4.69) is 20.8 Å². The van der Waals surface area contributed by atoms with Crippen molar-refractivity contribution in [1.82, 2.24) is 20.2 Å². The Morgan fingerprint density at radius 2 is 2.21 bits per heavy atom. The van der Waals surface area contributed by atoms with E-state index in [-0.39, 0.29) is 5.75 Å². The van der Waals surface area contributed by atoms with Gasteiger partial charge in [0.2, 0.25) is 5.95 Å². The SMILES string of the molecule is CCC1=C(C(=O)OC)C(c2ccc(O)c(OC)c2)n2nnnc2N1. The number of anilines is 1. The maximum Gasteiger partial charge on any atom is 0.338 e. The second-order valence-electron chi connectivity index (χ2n) is 5.14. The average molecular weight is 331 g/mol. The molecule has 2 aromatic rings. The van der Waals surface area contributed by atoms with E-state index in [1.165, 1.54) is 25.0 Å². The molecule has 1 aromatic carbocycles. The highest BCUT2D eigenvalue weighted by molar-refractivity contribution is 5.92. The molecule has 0 radical (unpaired) electrons. The van der Waals surface area contributed by atoms with Crippen molar-refractivity contribution in [2.45, 2.75) is 19.4 Å². The highest BCUT2D eigenvalue weighted by Gasteiger charge is 2.35. The predicted molar refractivity (Wildman–Crippen MR) is 83.6 cm³/mol. The minimum absolute atomic E-state index is 0.00596. The Hall–Kier alpha value is -3.10. The number of ether oxygens (including phenoxy) is 2. The van der Waals surface area contributed by atoms with Crippen molar-refractivity contribution >= 4 is 11.9 Å². The molecule has 1 aliphatic rings. The third-order valence-electron chi connectivity index (χ3n) is 3.88. The molecule has 1 aromatic heterocycles. The highest BCUT2D eigenvalue weighted by Crippen LogP contribution is 2.38. The number of esters is 1. The molecule has 0 saturated carbocycles. The molecule has 126 valence electrons. The number of carbonyl (C=O) groups excluding carboxylic acids is 1. The second kappa shape index (κ2) is 6.19. The molecule has 2 heterocycles. The molecule has 0 saturated heterocycles. The first-order chi connectivity index (χ1) is 11.6. The molecule has 0 fully saturated rings. The summed E-state index contributed by atoms with van der Waals surface area (Å²) >= 11 is 0. The van der Waals surface area contributed by atoms with Gasteiger partial charge in [-0.05, 0) is 34.5 Å². The van der Waals surface area contributed by atoms with Crippen LogP contribution in [0.3, 0.4) is 0 Å². The lowest BCUT2D eigenvalue weighted by molar-refractivity contribution is -0.136. The number of aromatic nitrogens is 4. The first-order valence-corrected chi connectivity index (χ1v) is 7.33. The summed E-state index contributed by atoms with van der Waals surface area (Å²) in [6, 6.07) is 4.25. The van der Waals surface area contributed by atoms with Crippen LogP contribution in [0.2, 0.25) is 0 Å². The van der Waals surface area contributed by atoms with Crippen LogP contribution >= 0.6 is 0 Å². The number of fused-ring (bicyclic) bond motifs is 1. The van der Waals surface area contributed by atoms with Crippen molar-refractivity contribution in [3.8, 4) is 11.5 Å². The van der Waals surface area contributed by atoms with E-state index in [0.717, 1.165) is 0 Å². The van der Waals surface area contributed by atoms with Gasteiger partial charge in [0.15, 0.2) is 11.5 Å². The number of aromatic hydroxyl groups is 1. The van der Waals surface area contributed by atoms with E-state index in [0.29, 0.717) is 35.0 Å². The van der Waals surface area contributed by atoms with Gasteiger partial charge in [0.05, 0.1) is 19.8 Å². The van der Waals surface area contributed by atoms with Crippen molar-refractivity contribution in [2.24, 2.45) is 0 Å². The normalized spacial score (nSPS) is 16.4. The number of hydrogen-bond acceptors (Lipinski definition) is 8. The number of rotatable bonds is 4. The van der Waals surface area contributed by atoms with Crippen LogP contribution in [-0.4, -0.2) is 45.5 Å². The van der Waals surface area contributed by atoms with Crippen molar-refractivity contribution in [3.05, 3.63) is 35.0 Å². The summed E-state index contributed by atoms with van der Waals surface area (Å²) < 4.78 is 11.6. The van der Waals surface area contributed by atoms with Gasteiger partial charge in [0.25, 0.3) is 0 Å². The zero-order valence-corrected chi connectivity index (χ0v) is 13.5. The van der Waals surface area contributed by atoms with Crippen LogP contribution in [-0.2, 0) is 9.53 Å². The van der Waals surface area contributed by atoms with E-state index in [4.69, 9.17) is 9.47 Å². The molecule has 0 spiro atoms. The predicted octanol–water partition coefficient (Wildman–Crippen LogP) is 1.24. The first-order valence-electron chi connectivity index (χ1n) is 7.33. The Balaban J connectivity index is 2.21. The molecule has 24 heavy (non-hydrogen) atoms. The fraction of sp³-hybridized carbons (Fsp3) is 0.333. The van der Waals surface area contributed by atoms with Crippen molar-refractivity contribution < 1.29 is 19.4 Å². The summed E-state index contributed by atoms with van der Waals surface area (Å²) in [6.45, 7) is 1.92. The largest absolute Gasteiger partial charge is 0.504 e. The Morgan fingerprint density at radius 3 is 2.88 bits per heavy atom. The fourth-order valence-corrected chi connectivity index (χ4v) is 2.74. The van der Waals surface area contributed by atoms with Gasteiger partial charge in [-0.1, -0.05) is 18.1 Å². The Bertz CT molecular complexity index is 814. The molecule has 0 bridgehead atoms. The van der Waals surface area contributed by atoms with E-state index in [1.54, 1.807) is 12.1 Å². The molecule has 2 N–H and O–H groups in total. The van der Waals surface area contributed by atoms with Crippen LogP contribution < -0.4 is 10.1 Å². The molecule has 0 aliphatic carbocycles. The Labute approximate surface area is 137 Å². The van der Waals surface area contributed by atoms with Crippen LogP contribution in [0.15, 0.2) is 29.5 Å². The smallest absolute Gasteiger partial charge is 0.338 e. The summed E-state index contributed by atoms with van der Waals surface area (Å²) in [5, 5.41) is 24.5. The van der Waals surface area contributed by atoms with Gasteiger partial charge in [-0.3, -0.25) is 0 Å². The average Bonchev–Trinajstić information content (AvgIpc) is 3.08. The topological polar surface area (TPSA) is 111 Å². The number of phenols is 1. The number of carbonyl (C=O) groups is 1. The van der Waals surface area contributed by atoms with Crippen LogP contribution in [0.5, 0.6) is 11.5 Å². The van der Waals surface area contributed by atoms with Crippen LogP contribution in [0.4, 0.5) is 5.95 Å². The molecule has 1 atom stereocenters. The molecule has 9 heteroatoms. The zero-order valence-electron chi connectivity index (χ0n) is 13.5. The fourth-order valence-electron chi connectivity index (χ4n) is 2.74. The van der Waals surface area contributed by atoms with Crippen LogP contribution in [0, 0.1) is 0 Å². The quantitative estimate of drug-likeness (QED) is 0.805. The van der Waals surface area contributed by atoms with Crippen molar-refractivity contribution in [2.75, 3.05) is 19.5 Å². The van der Waals surface area contributed by atoms with Crippen LogP contribution in [0.1, 0.15) is 24.9 Å². The third-order valence-corrected chi connectivity index (χ3v) is 3.88. The number of tetrazole rings is 1. The maximum absolute atomic E-state index is 12.4. The Morgan fingerprint density at radius 1 is 1.42 bits per heavy atom. The van der Waals surface area contributed by atoms with Gasteiger partial charge in [-0.2, -0.15) is 4.68 Å². The molecule has 0 amide bonds. The van der Waals surface area contributed by atoms with Crippen molar-refractivity contribution in [1.29, 1.82) is 0 Å². The van der Waals surface area contributed by atoms with Crippen molar-refractivity contribution in [3.63, 3.8) is 0 Å². The number of nitrogens with zero attached hydrogens (tertiary/aromatic N) is 4. The van der Waals surface area contributed by atoms with Gasteiger partial charge in [-0.15, -0.1) is 0 Å².